The molecule has 0 spiro atoms. The fourth-order valence-corrected chi connectivity index (χ4v) is 4.22. The Morgan fingerprint density at radius 1 is 1.14 bits per heavy atom. The maximum absolute atomic E-state index is 12.5. The highest BCUT2D eigenvalue weighted by Gasteiger charge is 2.15. The molecule has 2 aromatic carbocycles. The molecule has 0 saturated heterocycles. The van der Waals surface area contributed by atoms with Crippen LogP contribution in [-0.4, -0.2) is 36.3 Å². The Bertz CT molecular complexity index is 1020. The number of aromatic nitrogens is 2. The van der Waals surface area contributed by atoms with Crippen molar-refractivity contribution in [1.82, 2.24) is 10.2 Å². The lowest BCUT2D eigenvalue weighted by atomic mass is 10.1. The highest BCUT2D eigenvalue weighted by atomic mass is 35.5. The van der Waals surface area contributed by atoms with Gasteiger partial charge >= 0.3 is 5.97 Å². The molecule has 7 nitrogen and oxygen atoms in total. The normalized spacial score (nSPS) is 10.4. The number of methoxy groups -OCH3 is 2. The van der Waals surface area contributed by atoms with Crippen molar-refractivity contribution in [3.05, 3.63) is 64.2 Å². The van der Waals surface area contributed by atoms with Crippen LogP contribution < -0.4 is 10.1 Å². The standard InChI is InChI=1S/C19H16ClN3O4S2/c1-26-15-8-7-13(20)9-14(15)16(24)21-18-22-23-19(29-18)28-10-11-3-5-12(6-4-11)17(25)27-2/h3-9H,10H2,1-2H3,(H,21,22,24). The highest BCUT2D eigenvalue weighted by Crippen LogP contribution is 2.29. The lowest BCUT2D eigenvalue weighted by molar-refractivity contribution is 0.0600. The van der Waals surface area contributed by atoms with Crippen molar-refractivity contribution < 1.29 is 19.1 Å². The number of nitrogens with one attached hydrogen (secondary N) is 1. The number of benzene rings is 2. The van der Waals surface area contributed by atoms with Crippen LogP contribution in [0.4, 0.5) is 5.13 Å². The monoisotopic (exact) mass is 449 g/mol. The third kappa shape index (κ3) is 5.47. The molecule has 150 valence electrons. The van der Waals surface area contributed by atoms with E-state index in [1.807, 2.05) is 12.1 Å². The largest absolute Gasteiger partial charge is 0.496 e. The van der Waals surface area contributed by atoms with Crippen molar-refractivity contribution in [2.45, 2.75) is 10.1 Å². The number of hydrogen-bond donors (Lipinski definition) is 1. The number of nitrogens with zero attached hydrogens (tertiary/aromatic N) is 2. The number of halogens is 1. The van der Waals surface area contributed by atoms with E-state index >= 15 is 0 Å². The summed E-state index contributed by atoms with van der Waals surface area (Å²) in [6.07, 6.45) is 0. The highest BCUT2D eigenvalue weighted by molar-refractivity contribution is 8.00. The van der Waals surface area contributed by atoms with Gasteiger partial charge in [-0.3, -0.25) is 10.1 Å². The van der Waals surface area contributed by atoms with Crippen molar-refractivity contribution in [3.8, 4) is 5.75 Å². The molecule has 3 rings (SSSR count). The molecule has 0 fully saturated rings. The average molecular weight is 450 g/mol. The van der Waals surface area contributed by atoms with Gasteiger partial charge < -0.3 is 9.47 Å². The fraction of sp³-hybridized carbons (Fsp3) is 0.158. The summed E-state index contributed by atoms with van der Waals surface area (Å²) >= 11 is 8.71. The van der Waals surface area contributed by atoms with Crippen LogP contribution in [0, 0.1) is 0 Å². The minimum atomic E-state index is -0.379. The summed E-state index contributed by atoms with van der Waals surface area (Å²) in [6.45, 7) is 0. The lowest BCUT2D eigenvalue weighted by Gasteiger charge is -2.07. The van der Waals surface area contributed by atoms with E-state index in [0.717, 1.165) is 5.56 Å². The van der Waals surface area contributed by atoms with Crippen molar-refractivity contribution in [1.29, 1.82) is 0 Å². The predicted octanol–water partition coefficient (Wildman–Crippen LogP) is 4.53. The number of anilines is 1. The number of rotatable bonds is 7. The Kier molecular flexibility index (Phi) is 7.08. The molecule has 0 aliphatic rings. The molecule has 1 aromatic heterocycles. The van der Waals surface area contributed by atoms with Gasteiger partial charge in [-0.2, -0.15) is 0 Å². The molecule has 0 aliphatic carbocycles. The van der Waals surface area contributed by atoms with Gasteiger partial charge in [0.05, 0.1) is 25.3 Å². The SMILES string of the molecule is COC(=O)c1ccc(CSc2nnc(NC(=O)c3cc(Cl)ccc3OC)s2)cc1. The van der Waals surface area contributed by atoms with E-state index in [4.69, 9.17) is 16.3 Å². The summed E-state index contributed by atoms with van der Waals surface area (Å²) in [4.78, 5) is 24.0. The third-order valence-electron chi connectivity index (χ3n) is 3.77. The van der Waals surface area contributed by atoms with Crippen LogP contribution in [0.2, 0.25) is 5.02 Å². The quantitative estimate of drug-likeness (QED) is 0.322. The van der Waals surface area contributed by atoms with E-state index in [1.54, 1.807) is 24.3 Å². The summed E-state index contributed by atoms with van der Waals surface area (Å²) in [5.41, 5.74) is 1.83. The van der Waals surface area contributed by atoms with Crippen LogP contribution in [0.25, 0.3) is 0 Å². The molecule has 0 aliphatic heterocycles. The molecule has 0 bridgehead atoms. The Hall–Kier alpha value is -2.62. The van der Waals surface area contributed by atoms with Gasteiger partial charge in [-0.15, -0.1) is 10.2 Å². The van der Waals surface area contributed by atoms with Crippen LogP contribution in [0.1, 0.15) is 26.3 Å². The van der Waals surface area contributed by atoms with Gasteiger partial charge in [0, 0.05) is 10.8 Å². The maximum Gasteiger partial charge on any atom is 0.337 e. The zero-order valence-electron chi connectivity index (χ0n) is 15.5. The second-order valence-electron chi connectivity index (χ2n) is 5.65. The van der Waals surface area contributed by atoms with Crippen LogP contribution in [0.15, 0.2) is 46.8 Å². The van der Waals surface area contributed by atoms with Crippen LogP contribution in [0.5, 0.6) is 5.75 Å². The summed E-state index contributed by atoms with van der Waals surface area (Å²) in [6, 6.07) is 11.9. The maximum atomic E-state index is 12.5. The first kappa shape index (κ1) is 21.1. The molecule has 1 heterocycles. The number of carbonyl (C=O) groups excluding carboxylic acids is 2. The first-order chi connectivity index (χ1) is 14.0. The Labute approximate surface area is 180 Å². The molecule has 29 heavy (non-hydrogen) atoms. The summed E-state index contributed by atoms with van der Waals surface area (Å²) in [5.74, 6) is 0.313. The van der Waals surface area contributed by atoms with Crippen molar-refractivity contribution in [3.63, 3.8) is 0 Å². The molecular weight excluding hydrogens is 434 g/mol. The molecule has 0 unspecified atom stereocenters. The van der Waals surface area contributed by atoms with Gasteiger partial charge in [0.15, 0.2) is 4.34 Å². The summed E-state index contributed by atoms with van der Waals surface area (Å²) in [7, 11) is 2.83. The second kappa shape index (κ2) is 9.73. The van der Waals surface area contributed by atoms with E-state index in [9.17, 15) is 9.59 Å². The molecule has 3 aromatic rings. The summed E-state index contributed by atoms with van der Waals surface area (Å²) in [5, 5.41) is 11.6. The van der Waals surface area contributed by atoms with E-state index in [2.05, 4.69) is 20.3 Å². The average Bonchev–Trinajstić information content (AvgIpc) is 3.19. The molecule has 0 saturated carbocycles. The molecular formula is C19H16ClN3O4S2. The van der Waals surface area contributed by atoms with Gasteiger partial charge in [-0.05, 0) is 35.9 Å². The first-order valence-corrected chi connectivity index (χ1v) is 10.5. The molecule has 10 heteroatoms. The summed E-state index contributed by atoms with van der Waals surface area (Å²) < 4.78 is 10.6. The predicted molar refractivity (Wildman–Crippen MR) is 113 cm³/mol. The Morgan fingerprint density at radius 2 is 1.90 bits per heavy atom. The topological polar surface area (TPSA) is 90.4 Å². The molecule has 0 atom stereocenters. The smallest absolute Gasteiger partial charge is 0.337 e. The van der Waals surface area contributed by atoms with E-state index in [0.29, 0.717) is 37.1 Å². The van der Waals surface area contributed by atoms with Gasteiger partial charge in [0.2, 0.25) is 5.13 Å². The minimum absolute atomic E-state index is 0.315. The van der Waals surface area contributed by atoms with Gasteiger partial charge in [0.1, 0.15) is 5.75 Å². The molecule has 1 N–H and O–H groups in total. The zero-order valence-corrected chi connectivity index (χ0v) is 17.9. The Balaban J connectivity index is 1.60. The van der Waals surface area contributed by atoms with Crippen molar-refractivity contribution in [2.24, 2.45) is 0 Å². The van der Waals surface area contributed by atoms with Crippen LogP contribution in [0.3, 0.4) is 0 Å². The fourth-order valence-electron chi connectivity index (χ4n) is 2.34. The van der Waals surface area contributed by atoms with Gasteiger partial charge in [-0.25, -0.2) is 4.79 Å². The van der Waals surface area contributed by atoms with E-state index < -0.39 is 0 Å². The number of hydrogen-bond acceptors (Lipinski definition) is 8. The number of carbonyl (C=O) groups is 2. The number of ether oxygens (including phenoxy) is 2. The van der Waals surface area contributed by atoms with E-state index in [1.165, 1.54) is 43.4 Å². The number of esters is 1. The number of thioether (sulfide) groups is 1. The minimum Gasteiger partial charge on any atom is -0.496 e. The van der Waals surface area contributed by atoms with E-state index in [-0.39, 0.29) is 11.9 Å². The first-order valence-electron chi connectivity index (χ1n) is 8.28. The van der Waals surface area contributed by atoms with Crippen LogP contribution in [-0.2, 0) is 10.5 Å². The molecule has 0 radical (unpaired) electrons. The Morgan fingerprint density at radius 3 is 2.59 bits per heavy atom. The second-order valence-corrected chi connectivity index (χ2v) is 8.29. The van der Waals surface area contributed by atoms with Gasteiger partial charge in [0.25, 0.3) is 5.91 Å². The number of amides is 1. The molecule has 1 amide bonds. The van der Waals surface area contributed by atoms with Gasteiger partial charge in [-0.1, -0.05) is 46.8 Å². The lowest BCUT2D eigenvalue weighted by Crippen LogP contribution is -2.13. The van der Waals surface area contributed by atoms with Crippen molar-refractivity contribution in [2.75, 3.05) is 19.5 Å². The third-order valence-corrected chi connectivity index (χ3v) is 6.05. The van der Waals surface area contributed by atoms with Crippen molar-refractivity contribution >= 4 is 51.7 Å². The zero-order chi connectivity index (χ0) is 20.8. The van der Waals surface area contributed by atoms with Crippen LogP contribution >= 0.6 is 34.7 Å².